The van der Waals surface area contributed by atoms with Crippen LogP contribution in [0.4, 0.5) is 4.39 Å². The lowest BCUT2D eigenvalue weighted by atomic mass is 10.1. The minimum Gasteiger partial charge on any atom is -0.480 e. The van der Waals surface area contributed by atoms with Crippen molar-refractivity contribution < 1.29 is 23.8 Å². The van der Waals surface area contributed by atoms with Gasteiger partial charge in [0.2, 0.25) is 0 Å². The van der Waals surface area contributed by atoms with Crippen LogP contribution in [0.25, 0.3) is 0 Å². The second kappa shape index (κ2) is 8.81. The van der Waals surface area contributed by atoms with E-state index in [0.717, 1.165) is 0 Å². The third-order valence-electron chi connectivity index (χ3n) is 3.04. The van der Waals surface area contributed by atoms with E-state index in [1.54, 1.807) is 19.1 Å². The molecule has 2 unspecified atom stereocenters. The molecule has 1 rings (SSSR count). The molecule has 0 aromatic heterocycles. The molecule has 1 aromatic rings. The summed E-state index contributed by atoms with van der Waals surface area (Å²) in [6.07, 6.45) is 1.61. The van der Waals surface area contributed by atoms with Gasteiger partial charge in [-0.3, -0.25) is 4.79 Å². The van der Waals surface area contributed by atoms with E-state index in [9.17, 15) is 14.0 Å². The number of hydrogen-bond acceptors (Lipinski definition) is 3. The number of halogens is 1. The summed E-state index contributed by atoms with van der Waals surface area (Å²) in [6.45, 7) is 5.21. The van der Waals surface area contributed by atoms with E-state index < -0.39 is 29.8 Å². The molecule has 0 fully saturated rings. The Hall–Kier alpha value is -2.37. The quantitative estimate of drug-likeness (QED) is 0.687. The fraction of sp³-hybridized carbons (Fsp3) is 0.375. The van der Waals surface area contributed by atoms with E-state index in [-0.39, 0.29) is 18.6 Å². The predicted molar refractivity (Wildman–Crippen MR) is 80.1 cm³/mol. The van der Waals surface area contributed by atoms with Crippen molar-refractivity contribution in [2.75, 3.05) is 0 Å². The van der Waals surface area contributed by atoms with Crippen LogP contribution in [0.5, 0.6) is 5.75 Å². The predicted octanol–water partition coefficient (Wildman–Crippen LogP) is 2.52. The number of aliphatic carboxylic acids is 1. The van der Waals surface area contributed by atoms with Crippen LogP contribution in [0, 0.1) is 5.82 Å². The highest BCUT2D eigenvalue weighted by Crippen LogP contribution is 2.18. The number of carbonyl (C=O) groups excluding carboxylic acids is 1. The summed E-state index contributed by atoms with van der Waals surface area (Å²) < 4.78 is 18.9. The highest BCUT2D eigenvalue weighted by molar-refractivity contribution is 5.86. The molecule has 0 saturated carbocycles. The lowest BCUT2D eigenvalue weighted by Crippen LogP contribution is -2.47. The number of benzene rings is 1. The number of carboxylic acid groups (broad SMARTS) is 1. The normalized spacial score (nSPS) is 13.0. The van der Waals surface area contributed by atoms with E-state index in [4.69, 9.17) is 9.84 Å². The van der Waals surface area contributed by atoms with E-state index >= 15 is 0 Å². The van der Waals surface area contributed by atoms with E-state index in [1.165, 1.54) is 18.2 Å². The summed E-state index contributed by atoms with van der Waals surface area (Å²) in [6, 6.07) is 4.72. The molecule has 2 N–H and O–H groups in total. The van der Waals surface area contributed by atoms with Gasteiger partial charge in [-0.2, -0.15) is 0 Å². The third kappa shape index (κ3) is 5.20. The Balaban J connectivity index is 2.72. The Morgan fingerprint density at radius 1 is 1.45 bits per heavy atom. The SMILES string of the molecule is C=CCCC(NC(=O)C(CC)Oc1ccccc1F)C(=O)O. The molecule has 120 valence electrons. The molecule has 5 nitrogen and oxygen atoms in total. The zero-order valence-corrected chi connectivity index (χ0v) is 12.4. The van der Waals surface area contributed by atoms with Crippen molar-refractivity contribution in [3.63, 3.8) is 0 Å². The highest BCUT2D eigenvalue weighted by atomic mass is 19.1. The van der Waals surface area contributed by atoms with Crippen LogP contribution in [0.15, 0.2) is 36.9 Å². The second-order valence-corrected chi connectivity index (χ2v) is 4.71. The van der Waals surface area contributed by atoms with Crippen molar-refractivity contribution in [1.82, 2.24) is 5.32 Å². The highest BCUT2D eigenvalue weighted by Gasteiger charge is 2.25. The van der Waals surface area contributed by atoms with Gasteiger partial charge >= 0.3 is 5.97 Å². The maximum absolute atomic E-state index is 13.5. The van der Waals surface area contributed by atoms with Gasteiger partial charge in [0, 0.05) is 0 Å². The van der Waals surface area contributed by atoms with E-state index in [2.05, 4.69) is 11.9 Å². The molecule has 0 radical (unpaired) electrons. The number of nitrogens with one attached hydrogen (secondary N) is 1. The average molecular weight is 309 g/mol. The molecule has 2 atom stereocenters. The van der Waals surface area contributed by atoms with Crippen LogP contribution >= 0.6 is 0 Å². The van der Waals surface area contributed by atoms with Crippen molar-refractivity contribution in [2.24, 2.45) is 0 Å². The first-order chi connectivity index (χ1) is 10.5. The van der Waals surface area contributed by atoms with Crippen molar-refractivity contribution in [1.29, 1.82) is 0 Å². The van der Waals surface area contributed by atoms with E-state index in [1.807, 2.05) is 0 Å². The number of hydrogen-bond donors (Lipinski definition) is 2. The number of carboxylic acids is 1. The largest absolute Gasteiger partial charge is 0.480 e. The van der Waals surface area contributed by atoms with Crippen molar-refractivity contribution >= 4 is 11.9 Å². The maximum atomic E-state index is 13.5. The number of allylic oxidation sites excluding steroid dienone is 1. The van der Waals surface area contributed by atoms with Gasteiger partial charge in [0.15, 0.2) is 17.7 Å². The zero-order chi connectivity index (χ0) is 16.5. The van der Waals surface area contributed by atoms with Gasteiger partial charge < -0.3 is 15.2 Å². The smallest absolute Gasteiger partial charge is 0.326 e. The van der Waals surface area contributed by atoms with Crippen LogP contribution < -0.4 is 10.1 Å². The molecule has 0 aliphatic rings. The average Bonchev–Trinajstić information content (AvgIpc) is 2.50. The molecule has 22 heavy (non-hydrogen) atoms. The summed E-state index contributed by atoms with van der Waals surface area (Å²) in [7, 11) is 0. The summed E-state index contributed by atoms with van der Waals surface area (Å²) in [5.74, 6) is -2.32. The van der Waals surface area contributed by atoms with Gasteiger partial charge in [0.05, 0.1) is 0 Å². The maximum Gasteiger partial charge on any atom is 0.326 e. The van der Waals surface area contributed by atoms with Gasteiger partial charge in [-0.1, -0.05) is 25.1 Å². The molecular weight excluding hydrogens is 289 g/mol. The fourth-order valence-corrected chi connectivity index (χ4v) is 1.82. The molecule has 6 heteroatoms. The summed E-state index contributed by atoms with van der Waals surface area (Å²) in [5, 5.41) is 11.5. The molecule has 1 aromatic carbocycles. The standard InChI is InChI=1S/C16H20FNO4/c1-3-5-9-12(16(20)21)18-15(19)13(4-2)22-14-10-7-6-8-11(14)17/h3,6-8,10,12-13H,1,4-5,9H2,2H3,(H,18,19)(H,20,21). The van der Waals surface area contributed by atoms with Gasteiger partial charge in [0.25, 0.3) is 5.91 Å². The van der Waals surface area contributed by atoms with Crippen LogP contribution in [0.2, 0.25) is 0 Å². The molecule has 0 aliphatic carbocycles. The molecule has 0 heterocycles. The Labute approximate surface area is 128 Å². The van der Waals surface area contributed by atoms with Crippen LogP contribution in [-0.4, -0.2) is 29.1 Å². The number of ether oxygens (including phenoxy) is 1. The van der Waals surface area contributed by atoms with Gasteiger partial charge in [-0.15, -0.1) is 6.58 Å². The van der Waals surface area contributed by atoms with Gasteiger partial charge in [-0.25, -0.2) is 9.18 Å². The molecule has 1 amide bonds. The second-order valence-electron chi connectivity index (χ2n) is 4.71. The lowest BCUT2D eigenvalue weighted by molar-refractivity contribution is -0.143. The number of carbonyl (C=O) groups is 2. The summed E-state index contributed by atoms with van der Waals surface area (Å²) in [4.78, 5) is 23.2. The Morgan fingerprint density at radius 3 is 2.68 bits per heavy atom. The molecular formula is C16H20FNO4. The monoisotopic (exact) mass is 309 g/mol. The first-order valence-corrected chi connectivity index (χ1v) is 7.04. The Kier molecular flexibility index (Phi) is 7.08. The summed E-state index contributed by atoms with van der Waals surface area (Å²) >= 11 is 0. The number of rotatable bonds is 9. The topological polar surface area (TPSA) is 75.6 Å². The van der Waals surface area contributed by atoms with Crippen molar-refractivity contribution in [3.05, 3.63) is 42.7 Å². The molecule has 0 bridgehead atoms. The van der Waals surface area contributed by atoms with Crippen LogP contribution in [-0.2, 0) is 9.59 Å². The van der Waals surface area contributed by atoms with Gasteiger partial charge in [0.1, 0.15) is 6.04 Å². The Bertz CT molecular complexity index is 533. The van der Waals surface area contributed by atoms with Gasteiger partial charge in [-0.05, 0) is 31.4 Å². The third-order valence-corrected chi connectivity index (χ3v) is 3.04. The minimum atomic E-state index is -1.13. The lowest BCUT2D eigenvalue weighted by Gasteiger charge is -2.20. The molecule has 0 saturated heterocycles. The first-order valence-electron chi connectivity index (χ1n) is 7.04. The van der Waals surface area contributed by atoms with Crippen LogP contribution in [0.3, 0.4) is 0 Å². The number of amides is 1. The minimum absolute atomic E-state index is 0.0394. The zero-order valence-electron chi connectivity index (χ0n) is 12.4. The van der Waals surface area contributed by atoms with Crippen molar-refractivity contribution in [3.8, 4) is 5.75 Å². The fourth-order valence-electron chi connectivity index (χ4n) is 1.82. The van der Waals surface area contributed by atoms with Crippen LogP contribution in [0.1, 0.15) is 26.2 Å². The first kappa shape index (κ1) is 17.7. The number of para-hydroxylation sites is 1. The molecule has 0 aliphatic heterocycles. The molecule has 0 spiro atoms. The summed E-state index contributed by atoms with van der Waals surface area (Å²) in [5.41, 5.74) is 0. The Morgan fingerprint density at radius 2 is 2.14 bits per heavy atom. The van der Waals surface area contributed by atoms with Crippen molar-refractivity contribution in [2.45, 2.75) is 38.3 Å². The van der Waals surface area contributed by atoms with E-state index in [0.29, 0.717) is 6.42 Å².